The number of benzene rings is 1. The molecule has 0 aromatic heterocycles. The molecule has 0 bridgehead atoms. The monoisotopic (exact) mass is 245 g/mol. The smallest absolute Gasteiger partial charge is 0.00148 e. The molecule has 1 aliphatic carbocycles. The summed E-state index contributed by atoms with van der Waals surface area (Å²) in [5, 5.41) is 3.56. The van der Waals surface area contributed by atoms with E-state index in [2.05, 4.69) is 43.4 Å². The van der Waals surface area contributed by atoms with Crippen molar-refractivity contribution >= 4 is 0 Å². The van der Waals surface area contributed by atoms with E-state index < -0.39 is 0 Å². The van der Waals surface area contributed by atoms with Crippen molar-refractivity contribution < 1.29 is 0 Å². The molecule has 2 rings (SSSR count). The van der Waals surface area contributed by atoms with E-state index in [1.165, 1.54) is 44.2 Å². The summed E-state index contributed by atoms with van der Waals surface area (Å²) in [5.41, 5.74) is 2.93. The van der Waals surface area contributed by atoms with Crippen LogP contribution in [0, 0.1) is 12.8 Å². The molecular formula is C17H27N. The number of aryl methyl sites for hydroxylation is 1. The highest BCUT2D eigenvalue weighted by Crippen LogP contribution is 2.36. The van der Waals surface area contributed by atoms with Gasteiger partial charge in [-0.25, -0.2) is 0 Å². The second-order valence-electron chi connectivity index (χ2n) is 5.72. The first-order valence-corrected chi connectivity index (χ1v) is 7.58. The SMILES string of the molecule is CCNCC1CCCCCC1c1ccc(C)cc1. The Balaban J connectivity index is 2.11. The summed E-state index contributed by atoms with van der Waals surface area (Å²) < 4.78 is 0. The Bertz CT molecular complexity index is 341. The van der Waals surface area contributed by atoms with Crippen molar-refractivity contribution in [1.29, 1.82) is 0 Å². The Morgan fingerprint density at radius 1 is 1.06 bits per heavy atom. The van der Waals surface area contributed by atoms with Gasteiger partial charge in [-0.1, -0.05) is 56.0 Å². The lowest BCUT2D eigenvalue weighted by atomic mass is 9.82. The molecule has 2 atom stereocenters. The van der Waals surface area contributed by atoms with Crippen molar-refractivity contribution in [3.8, 4) is 0 Å². The number of hydrogen-bond donors (Lipinski definition) is 1. The lowest BCUT2D eigenvalue weighted by molar-refractivity contribution is 0.379. The van der Waals surface area contributed by atoms with Crippen molar-refractivity contribution in [1.82, 2.24) is 5.32 Å². The molecule has 0 aliphatic heterocycles. The summed E-state index contributed by atoms with van der Waals surface area (Å²) in [6.07, 6.45) is 7.01. The fourth-order valence-electron chi connectivity index (χ4n) is 3.21. The largest absolute Gasteiger partial charge is 0.317 e. The highest BCUT2D eigenvalue weighted by atomic mass is 14.8. The van der Waals surface area contributed by atoms with E-state index in [1.807, 2.05) is 0 Å². The van der Waals surface area contributed by atoms with E-state index in [0.717, 1.165) is 18.4 Å². The predicted molar refractivity (Wildman–Crippen MR) is 79.0 cm³/mol. The van der Waals surface area contributed by atoms with Gasteiger partial charge < -0.3 is 5.32 Å². The molecule has 0 amide bonds. The zero-order valence-electron chi connectivity index (χ0n) is 11.9. The lowest BCUT2D eigenvalue weighted by Gasteiger charge is -2.26. The van der Waals surface area contributed by atoms with E-state index >= 15 is 0 Å². The van der Waals surface area contributed by atoms with Crippen LogP contribution in [-0.2, 0) is 0 Å². The van der Waals surface area contributed by atoms with Gasteiger partial charge in [-0.15, -0.1) is 0 Å². The molecule has 1 heteroatoms. The van der Waals surface area contributed by atoms with Crippen molar-refractivity contribution in [2.45, 2.75) is 51.9 Å². The molecule has 0 heterocycles. The van der Waals surface area contributed by atoms with E-state index in [4.69, 9.17) is 0 Å². The van der Waals surface area contributed by atoms with Gasteiger partial charge in [0.1, 0.15) is 0 Å². The minimum atomic E-state index is 0.771. The lowest BCUT2D eigenvalue weighted by Crippen LogP contribution is -2.26. The molecule has 0 spiro atoms. The maximum Gasteiger partial charge on any atom is -0.00148 e. The van der Waals surface area contributed by atoms with Gasteiger partial charge in [0, 0.05) is 0 Å². The second-order valence-corrected chi connectivity index (χ2v) is 5.72. The van der Waals surface area contributed by atoms with E-state index in [9.17, 15) is 0 Å². The summed E-state index contributed by atoms with van der Waals surface area (Å²) >= 11 is 0. The molecule has 2 unspecified atom stereocenters. The van der Waals surface area contributed by atoms with Gasteiger partial charge in [0.05, 0.1) is 0 Å². The summed E-state index contributed by atoms with van der Waals surface area (Å²) in [5.74, 6) is 1.60. The Morgan fingerprint density at radius 3 is 2.50 bits per heavy atom. The molecule has 1 aliphatic rings. The first-order valence-electron chi connectivity index (χ1n) is 7.58. The first kappa shape index (κ1) is 13.6. The quantitative estimate of drug-likeness (QED) is 0.781. The van der Waals surface area contributed by atoms with Crippen LogP contribution in [0.3, 0.4) is 0 Å². The maximum absolute atomic E-state index is 3.56. The van der Waals surface area contributed by atoms with E-state index in [0.29, 0.717) is 0 Å². The molecule has 1 N–H and O–H groups in total. The standard InChI is InChI=1S/C17H27N/c1-3-18-13-16-7-5-4-6-8-17(16)15-11-9-14(2)10-12-15/h9-12,16-18H,3-8,13H2,1-2H3. The average Bonchev–Trinajstić information content (AvgIpc) is 2.62. The van der Waals surface area contributed by atoms with Crippen LogP contribution in [0.15, 0.2) is 24.3 Å². The van der Waals surface area contributed by atoms with Gasteiger partial charge in [-0.3, -0.25) is 0 Å². The third kappa shape index (κ3) is 3.58. The van der Waals surface area contributed by atoms with Gasteiger partial charge >= 0.3 is 0 Å². The topological polar surface area (TPSA) is 12.0 Å². The predicted octanol–water partition coefficient (Wildman–Crippen LogP) is 4.27. The summed E-state index contributed by atoms with van der Waals surface area (Å²) in [7, 11) is 0. The van der Waals surface area contributed by atoms with Gasteiger partial charge in [-0.2, -0.15) is 0 Å². The fraction of sp³-hybridized carbons (Fsp3) is 0.647. The molecule has 1 saturated carbocycles. The maximum atomic E-state index is 3.56. The zero-order valence-corrected chi connectivity index (χ0v) is 11.9. The minimum Gasteiger partial charge on any atom is -0.317 e. The van der Waals surface area contributed by atoms with Crippen LogP contribution in [0.1, 0.15) is 56.1 Å². The summed E-state index contributed by atoms with van der Waals surface area (Å²) in [4.78, 5) is 0. The molecule has 1 aromatic carbocycles. The molecular weight excluding hydrogens is 218 g/mol. The van der Waals surface area contributed by atoms with Crippen LogP contribution >= 0.6 is 0 Å². The first-order chi connectivity index (χ1) is 8.81. The fourth-order valence-corrected chi connectivity index (χ4v) is 3.21. The van der Waals surface area contributed by atoms with E-state index in [1.54, 1.807) is 5.56 Å². The van der Waals surface area contributed by atoms with Crippen molar-refractivity contribution in [2.75, 3.05) is 13.1 Å². The number of nitrogens with one attached hydrogen (secondary N) is 1. The molecule has 0 saturated heterocycles. The zero-order chi connectivity index (χ0) is 12.8. The van der Waals surface area contributed by atoms with E-state index in [-0.39, 0.29) is 0 Å². The number of hydrogen-bond acceptors (Lipinski definition) is 1. The number of rotatable bonds is 4. The Morgan fingerprint density at radius 2 is 1.78 bits per heavy atom. The Hall–Kier alpha value is -0.820. The molecule has 0 radical (unpaired) electrons. The summed E-state index contributed by atoms with van der Waals surface area (Å²) in [6.45, 7) is 6.66. The molecule has 1 aromatic rings. The third-order valence-electron chi connectivity index (χ3n) is 4.32. The van der Waals surface area contributed by atoms with Crippen LogP contribution in [-0.4, -0.2) is 13.1 Å². The minimum absolute atomic E-state index is 0.771. The van der Waals surface area contributed by atoms with Crippen LogP contribution < -0.4 is 5.32 Å². The molecule has 100 valence electrons. The van der Waals surface area contributed by atoms with Crippen LogP contribution in [0.4, 0.5) is 0 Å². The van der Waals surface area contributed by atoms with Crippen LogP contribution in [0.5, 0.6) is 0 Å². The van der Waals surface area contributed by atoms with Crippen molar-refractivity contribution in [3.05, 3.63) is 35.4 Å². The van der Waals surface area contributed by atoms with Gasteiger partial charge in [0.2, 0.25) is 0 Å². The average molecular weight is 245 g/mol. The van der Waals surface area contributed by atoms with Crippen LogP contribution in [0.2, 0.25) is 0 Å². The third-order valence-corrected chi connectivity index (χ3v) is 4.32. The van der Waals surface area contributed by atoms with Crippen LogP contribution in [0.25, 0.3) is 0 Å². The van der Waals surface area contributed by atoms with Crippen molar-refractivity contribution in [2.24, 2.45) is 5.92 Å². The second kappa shape index (κ2) is 6.94. The Labute approximate surface area is 112 Å². The van der Waals surface area contributed by atoms with Crippen molar-refractivity contribution in [3.63, 3.8) is 0 Å². The normalized spacial score (nSPS) is 24.8. The highest BCUT2D eigenvalue weighted by Gasteiger charge is 2.24. The molecule has 1 nitrogen and oxygen atoms in total. The van der Waals surface area contributed by atoms with Gasteiger partial charge in [0.15, 0.2) is 0 Å². The van der Waals surface area contributed by atoms with Gasteiger partial charge in [-0.05, 0) is 50.3 Å². The Kier molecular flexibility index (Phi) is 5.25. The highest BCUT2D eigenvalue weighted by molar-refractivity contribution is 5.25. The molecule has 1 fully saturated rings. The van der Waals surface area contributed by atoms with Gasteiger partial charge in [0.25, 0.3) is 0 Å². The molecule has 18 heavy (non-hydrogen) atoms. The summed E-state index contributed by atoms with van der Waals surface area (Å²) in [6, 6.07) is 9.24.